The molecule has 0 bridgehead atoms. The Hall–Kier alpha value is 0.350. The number of hydrogen-bond donors (Lipinski definition) is 0. The summed E-state index contributed by atoms with van der Waals surface area (Å²) < 4.78 is 1.73. The van der Waals surface area contributed by atoms with Crippen LogP contribution in [0.1, 0.15) is 6.92 Å². The van der Waals surface area contributed by atoms with Gasteiger partial charge in [0.15, 0.2) is 0 Å². The van der Waals surface area contributed by atoms with Crippen LogP contribution in [0.25, 0.3) is 0 Å². The minimum atomic E-state index is 0.0567. The smallest absolute Gasteiger partial charge is 0.267 e. The van der Waals surface area contributed by atoms with Crippen molar-refractivity contribution in [3.63, 3.8) is 0 Å². The Bertz CT molecular complexity index is 294. The van der Waals surface area contributed by atoms with Crippen LogP contribution in [0, 0.1) is 0 Å². The Labute approximate surface area is 102 Å². The molecular weight excluding hydrogens is 254 g/mol. The number of nitrogens with zero attached hydrogens (tertiary/aromatic N) is 1. The van der Waals surface area contributed by atoms with E-state index in [9.17, 15) is 4.79 Å². The van der Waals surface area contributed by atoms with E-state index in [1.165, 1.54) is 11.8 Å². The zero-order chi connectivity index (χ0) is 10.7. The Morgan fingerprint density at radius 3 is 2.43 bits per heavy atom. The number of hydrogen-bond acceptors (Lipinski definition) is 5. The minimum Gasteiger partial charge on any atom is -0.293 e. The van der Waals surface area contributed by atoms with Crippen LogP contribution in [0.15, 0.2) is 9.14 Å². The van der Waals surface area contributed by atoms with Gasteiger partial charge in [-0.3, -0.25) is 9.69 Å². The molecule has 1 saturated heterocycles. The average molecular weight is 265 g/mol. The van der Waals surface area contributed by atoms with Crippen LogP contribution >= 0.6 is 47.5 Å². The van der Waals surface area contributed by atoms with Gasteiger partial charge in [-0.25, -0.2) is 0 Å². The normalized spacial score (nSPS) is 16.8. The molecule has 0 aromatic carbocycles. The second kappa shape index (κ2) is 5.44. The van der Waals surface area contributed by atoms with Gasteiger partial charge >= 0.3 is 0 Å². The van der Waals surface area contributed by atoms with Crippen molar-refractivity contribution in [2.24, 2.45) is 0 Å². The fourth-order valence-electron chi connectivity index (χ4n) is 1.06. The SMILES string of the molecule is CCN1C(=O)C(=C(SC)SC)SC1=S. The van der Waals surface area contributed by atoms with Gasteiger partial charge in [0.25, 0.3) is 5.91 Å². The van der Waals surface area contributed by atoms with Crippen LogP contribution in [0.4, 0.5) is 0 Å². The van der Waals surface area contributed by atoms with E-state index in [0.29, 0.717) is 10.9 Å². The number of carbonyl (C=O) groups is 1. The fourth-order valence-corrected chi connectivity index (χ4v) is 4.26. The van der Waals surface area contributed by atoms with Crippen LogP contribution < -0.4 is 0 Å². The van der Waals surface area contributed by atoms with Crippen LogP contribution in [-0.4, -0.2) is 34.2 Å². The highest BCUT2D eigenvalue weighted by Gasteiger charge is 2.32. The lowest BCUT2D eigenvalue weighted by Gasteiger charge is -2.10. The second-order valence-corrected chi connectivity index (χ2v) is 5.98. The molecule has 0 spiro atoms. The second-order valence-electron chi connectivity index (χ2n) is 2.44. The van der Waals surface area contributed by atoms with Crippen molar-refractivity contribution in [2.75, 3.05) is 19.1 Å². The molecule has 0 atom stereocenters. The molecule has 78 valence electrons. The van der Waals surface area contributed by atoms with Crippen LogP contribution in [0.5, 0.6) is 0 Å². The summed E-state index contributed by atoms with van der Waals surface area (Å²) in [5.74, 6) is 0.0567. The molecule has 6 heteroatoms. The van der Waals surface area contributed by atoms with Gasteiger partial charge in [-0.1, -0.05) is 24.0 Å². The van der Waals surface area contributed by atoms with Crippen molar-refractivity contribution in [3.8, 4) is 0 Å². The summed E-state index contributed by atoms with van der Waals surface area (Å²) >= 11 is 9.73. The Balaban J connectivity index is 3.01. The van der Waals surface area contributed by atoms with Crippen molar-refractivity contribution < 1.29 is 4.79 Å². The third-order valence-corrected chi connectivity index (χ3v) is 5.58. The van der Waals surface area contributed by atoms with Crippen molar-refractivity contribution in [2.45, 2.75) is 6.92 Å². The highest BCUT2D eigenvalue weighted by atomic mass is 32.2. The Kier molecular flexibility index (Phi) is 4.82. The first-order valence-corrected chi connectivity index (χ1v) is 7.69. The van der Waals surface area contributed by atoms with E-state index in [1.807, 2.05) is 19.4 Å². The fraction of sp³-hybridized carbons (Fsp3) is 0.500. The zero-order valence-electron chi connectivity index (χ0n) is 8.20. The van der Waals surface area contributed by atoms with Gasteiger partial charge in [-0.05, 0) is 19.4 Å². The van der Waals surface area contributed by atoms with Crippen LogP contribution in [0.2, 0.25) is 0 Å². The molecule has 0 N–H and O–H groups in total. The highest BCUT2D eigenvalue weighted by Crippen LogP contribution is 2.40. The summed E-state index contributed by atoms with van der Waals surface area (Å²) in [6, 6.07) is 0. The first kappa shape index (κ1) is 12.4. The molecule has 0 radical (unpaired) electrons. The quantitative estimate of drug-likeness (QED) is 0.576. The maximum atomic E-state index is 11.8. The summed E-state index contributed by atoms with van der Waals surface area (Å²) in [7, 11) is 0. The lowest BCUT2D eigenvalue weighted by molar-refractivity contribution is -0.122. The van der Waals surface area contributed by atoms with Gasteiger partial charge in [-0.15, -0.1) is 23.5 Å². The highest BCUT2D eigenvalue weighted by molar-refractivity contribution is 8.29. The first-order valence-electron chi connectivity index (χ1n) is 4.01. The molecular formula is C8H11NOS4. The average Bonchev–Trinajstić information content (AvgIpc) is 2.45. The van der Waals surface area contributed by atoms with Gasteiger partial charge < -0.3 is 0 Å². The molecule has 1 aliphatic rings. The molecule has 0 aromatic heterocycles. The summed E-state index contributed by atoms with van der Waals surface area (Å²) in [6.07, 6.45) is 3.95. The standard InChI is InChI=1S/C8H11NOS4/c1-4-9-6(10)5(14-8(9)11)7(12-2)13-3/h4H2,1-3H3. The number of rotatable bonds is 3. The predicted octanol–water partition coefficient (Wildman–Crippen LogP) is 2.76. The van der Waals surface area contributed by atoms with Crippen molar-refractivity contribution in [1.82, 2.24) is 4.90 Å². The topological polar surface area (TPSA) is 20.3 Å². The summed E-state index contributed by atoms with van der Waals surface area (Å²) in [6.45, 7) is 2.59. The zero-order valence-corrected chi connectivity index (χ0v) is 11.5. The number of carbonyl (C=O) groups excluding carboxylic acids is 1. The molecule has 1 fully saturated rings. The van der Waals surface area contributed by atoms with Gasteiger partial charge in [0.2, 0.25) is 0 Å². The maximum absolute atomic E-state index is 11.8. The molecule has 0 aliphatic carbocycles. The largest absolute Gasteiger partial charge is 0.293 e. The number of likely N-dealkylation sites (N-methyl/N-ethyl adjacent to an activating group) is 1. The third kappa shape index (κ3) is 2.29. The summed E-state index contributed by atoms with van der Waals surface area (Å²) in [5, 5.41) is 0. The summed E-state index contributed by atoms with van der Waals surface area (Å²) in [5.41, 5.74) is 0. The molecule has 14 heavy (non-hydrogen) atoms. The minimum absolute atomic E-state index is 0.0567. The molecule has 1 amide bonds. The van der Waals surface area contributed by atoms with E-state index in [1.54, 1.807) is 28.4 Å². The lowest BCUT2D eigenvalue weighted by atomic mass is 10.5. The summed E-state index contributed by atoms with van der Waals surface area (Å²) in [4.78, 5) is 14.3. The van der Waals surface area contributed by atoms with Crippen molar-refractivity contribution >= 4 is 57.7 Å². The van der Waals surface area contributed by atoms with E-state index < -0.39 is 0 Å². The van der Waals surface area contributed by atoms with E-state index in [-0.39, 0.29) is 5.91 Å². The number of thiocarbonyl (C=S) groups is 1. The van der Waals surface area contributed by atoms with Crippen LogP contribution in [0.3, 0.4) is 0 Å². The van der Waals surface area contributed by atoms with Gasteiger partial charge in [0, 0.05) is 6.54 Å². The molecule has 0 saturated carbocycles. The monoisotopic (exact) mass is 265 g/mol. The van der Waals surface area contributed by atoms with Crippen molar-refractivity contribution in [3.05, 3.63) is 9.14 Å². The first-order chi connectivity index (χ1) is 6.65. The molecule has 1 rings (SSSR count). The van der Waals surface area contributed by atoms with E-state index in [2.05, 4.69) is 0 Å². The molecule has 1 aliphatic heterocycles. The molecule has 1 heterocycles. The Morgan fingerprint density at radius 1 is 1.50 bits per heavy atom. The number of amides is 1. The van der Waals surface area contributed by atoms with E-state index in [0.717, 1.165) is 9.14 Å². The van der Waals surface area contributed by atoms with Crippen molar-refractivity contribution in [1.29, 1.82) is 0 Å². The lowest BCUT2D eigenvalue weighted by Crippen LogP contribution is -2.27. The van der Waals surface area contributed by atoms with E-state index >= 15 is 0 Å². The third-order valence-electron chi connectivity index (χ3n) is 1.72. The predicted molar refractivity (Wildman–Crippen MR) is 71.6 cm³/mol. The van der Waals surface area contributed by atoms with Gasteiger partial charge in [0.1, 0.15) is 4.32 Å². The molecule has 0 unspecified atom stereocenters. The van der Waals surface area contributed by atoms with E-state index in [4.69, 9.17) is 12.2 Å². The molecule has 0 aromatic rings. The molecule has 2 nitrogen and oxygen atoms in total. The van der Waals surface area contributed by atoms with Crippen LogP contribution in [-0.2, 0) is 4.79 Å². The van der Waals surface area contributed by atoms with Gasteiger partial charge in [0.05, 0.1) is 9.14 Å². The number of thioether (sulfide) groups is 3. The Morgan fingerprint density at radius 2 is 2.07 bits per heavy atom. The maximum Gasteiger partial charge on any atom is 0.267 e. The van der Waals surface area contributed by atoms with Gasteiger partial charge in [-0.2, -0.15) is 0 Å².